The summed E-state index contributed by atoms with van der Waals surface area (Å²) >= 11 is 3.60. The SMILES string of the molecule is CC1(C)CC(Nc2ccccc2Br)c2ccccc2O1. The van der Waals surface area contributed by atoms with Gasteiger partial charge in [-0.05, 0) is 48.0 Å². The van der Waals surface area contributed by atoms with Gasteiger partial charge in [0, 0.05) is 22.1 Å². The summed E-state index contributed by atoms with van der Waals surface area (Å²) in [5.41, 5.74) is 2.18. The van der Waals surface area contributed by atoms with Crippen molar-refractivity contribution in [3.05, 3.63) is 58.6 Å². The number of para-hydroxylation sites is 2. The normalized spacial score (nSPS) is 19.9. The second kappa shape index (κ2) is 5.13. The van der Waals surface area contributed by atoms with E-state index < -0.39 is 0 Å². The van der Waals surface area contributed by atoms with Crippen LogP contribution in [0.5, 0.6) is 5.75 Å². The quantitative estimate of drug-likeness (QED) is 0.820. The zero-order chi connectivity index (χ0) is 14.2. The first kappa shape index (κ1) is 13.5. The lowest BCUT2D eigenvalue weighted by Crippen LogP contribution is -2.37. The van der Waals surface area contributed by atoms with Crippen molar-refractivity contribution in [2.24, 2.45) is 0 Å². The standard InChI is InChI=1S/C17H18BrNO/c1-17(2)11-15(12-7-3-6-10-16(12)20-17)19-14-9-5-4-8-13(14)18/h3-10,15,19H,11H2,1-2H3. The van der Waals surface area contributed by atoms with Gasteiger partial charge in [-0.1, -0.05) is 30.3 Å². The van der Waals surface area contributed by atoms with Gasteiger partial charge in [-0.15, -0.1) is 0 Å². The second-order valence-corrected chi connectivity index (χ2v) is 6.63. The molecule has 1 aliphatic rings. The molecular weight excluding hydrogens is 314 g/mol. The number of rotatable bonds is 2. The Morgan fingerprint density at radius 3 is 2.60 bits per heavy atom. The summed E-state index contributed by atoms with van der Waals surface area (Å²) in [6.07, 6.45) is 0.936. The maximum atomic E-state index is 6.07. The topological polar surface area (TPSA) is 21.3 Å². The molecule has 20 heavy (non-hydrogen) atoms. The van der Waals surface area contributed by atoms with E-state index in [1.807, 2.05) is 24.3 Å². The molecule has 1 aliphatic heterocycles. The highest BCUT2D eigenvalue weighted by molar-refractivity contribution is 9.10. The molecule has 0 aromatic heterocycles. The first-order chi connectivity index (χ1) is 9.55. The van der Waals surface area contributed by atoms with Crippen molar-refractivity contribution in [2.45, 2.75) is 31.9 Å². The zero-order valence-corrected chi connectivity index (χ0v) is 13.3. The van der Waals surface area contributed by atoms with Crippen LogP contribution in [-0.2, 0) is 0 Å². The highest BCUT2D eigenvalue weighted by Gasteiger charge is 2.33. The van der Waals surface area contributed by atoms with Crippen LogP contribution in [-0.4, -0.2) is 5.60 Å². The molecule has 0 fully saturated rings. The van der Waals surface area contributed by atoms with Gasteiger partial charge in [0.25, 0.3) is 0 Å². The van der Waals surface area contributed by atoms with Crippen LogP contribution in [0.4, 0.5) is 5.69 Å². The molecule has 1 atom stereocenters. The predicted molar refractivity (Wildman–Crippen MR) is 86.3 cm³/mol. The summed E-state index contributed by atoms with van der Waals surface area (Å²) in [6, 6.07) is 16.7. The molecule has 0 saturated heterocycles. The molecular formula is C17H18BrNO. The van der Waals surface area contributed by atoms with E-state index in [9.17, 15) is 0 Å². The van der Waals surface area contributed by atoms with Crippen LogP contribution < -0.4 is 10.1 Å². The zero-order valence-electron chi connectivity index (χ0n) is 11.7. The number of halogens is 1. The van der Waals surface area contributed by atoms with E-state index in [1.165, 1.54) is 5.56 Å². The van der Waals surface area contributed by atoms with Crippen molar-refractivity contribution in [2.75, 3.05) is 5.32 Å². The lowest BCUT2D eigenvalue weighted by molar-refractivity contribution is 0.0759. The highest BCUT2D eigenvalue weighted by Crippen LogP contribution is 2.41. The third-order valence-corrected chi connectivity index (χ3v) is 4.27. The average molecular weight is 332 g/mol. The van der Waals surface area contributed by atoms with Crippen molar-refractivity contribution in [1.29, 1.82) is 0 Å². The molecule has 2 aromatic carbocycles. The third-order valence-electron chi connectivity index (χ3n) is 3.58. The first-order valence-electron chi connectivity index (χ1n) is 6.84. The van der Waals surface area contributed by atoms with E-state index in [0.717, 1.165) is 22.3 Å². The molecule has 2 nitrogen and oxygen atoms in total. The molecule has 3 heteroatoms. The Morgan fingerprint density at radius 1 is 1.10 bits per heavy atom. The molecule has 1 heterocycles. The van der Waals surface area contributed by atoms with Crippen LogP contribution in [0.15, 0.2) is 53.0 Å². The van der Waals surface area contributed by atoms with E-state index >= 15 is 0 Å². The average Bonchev–Trinajstić information content (AvgIpc) is 2.40. The van der Waals surface area contributed by atoms with Crippen LogP contribution in [0.3, 0.4) is 0 Å². The first-order valence-corrected chi connectivity index (χ1v) is 7.63. The molecule has 2 aromatic rings. The molecule has 1 N–H and O–H groups in total. The van der Waals surface area contributed by atoms with Gasteiger partial charge in [-0.2, -0.15) is 0 Å². The Kier molecular flexibility index (Phi) is 3.47. The van der Waals surface area contributed by atoms with Gasteiger partial charge in [-0.25, -0.2) is 0 Å². The van der Waals surface area contributed by atoms with Crippen LogP contribution >= 0.6 is 15.9 Å². The summed E-state index contributed by atoms with van der Waals surface area (Å²) in [7, 11) is 0. The van der Waals surface area contributed by atoms with Crippen molar-refractivity contribution < 1.29 is 4.74 Å². The number of anilines is 1. The Balaban J connectivity index is 1.95. The molecule has 0 saturated carbocycles. The number of benzene rings is 2. The molecule has 0 amide bonds. The van der Waals surface area contributed by atoms with Gasteiger partial charge in [0.1, 0.15) is 11.4 Å². The molecule has 0 spiro atoms. The molecule has 1 unspecified atom stereocenters. The number of hydrogen-bond donors (Lipinski definition) is 1. The maximum absolute atomic E-state index is 6.07. The summed E-state index contributed by atoms with van der Waals surface area (Å²) in [6.45, 7) is 4.27. The smallest absolute Gasteiger partial charge is 0.125 e. The highest BCUT2D eigenvalue weighted by atomic mass is 79.9. The minimum Gasteiger partial charge on any atom is -0.487 e. The Bertz CT molecular complexity index is 624. The molecule has 3 rings (SSSR count). The fraction of sp³-hybridized carbons (Fsp3) is 0.294. The number of ether oxygens (including phenoxy) is 1. The molecule has 0 radical (unpaired) electrons. The summed E-state index contributed by atoms with van der Waals surface area (Å²) in [5.74, 6) is 0.980. The lowest BCUT2D eigenvalue weighted by Gasteiger charge is -2.38. The second-order valence-electron chi connectivity index (χ2n) is 5.78. The van der Waals surface area contributed by atoms with E-state index in [0.29, 0.717) is 0 Å². The van der Waals surface area contributed by atoms with E-state index in [2.05, 4.69) is 59.4 Å². The Labute approximate surface area is 128 Å². The minimum atomic E-state index is -0.159. The summed E-state index contributed by atoms with van der Waals surface area (Å²) < 4.78 is 7.15. The van der Waals surface area contributed by atoms with Gasteiger partial charge >= 0.3 is 0 Å². The van der Waals surface area contributed by atoms with Gasteiger partial charge in [-0.3, -0.25) is 0 Å². The fourth-order valence-corrected chi connectivity index (χ4v) is 3.10. The number of nitrogens with one attached hydrogen (secondary N) is 1. The lowest BCUT2D eigenvalue weighted by atomic mass is 9.89. The van der Waals surface area contributed by atoms with Crippen molar-refractivity contribution >= 4 is 21.6 Å². The Morgan fingerprint density at radius 2 is 1.80 bits per heavy atom. The minimum absolute atomic E-state index is 0.159. The van der Waals surface area contributed by atoms with Crippen LogP contribution in [0.2, 0.25) is 0 Å². The summed E-state index contributed by atoms with van der Waals surface area (Å²) in [5, 5.41) is 3.63. The van der Waals surface area contributed by atoms with Crippen molar-refractivity contribution in [3.8, 4) is 5.75 Å². The van der Waals surface area contributed by atoms with Crippen LogP contribution in [0.1, 0.15) is 31.9 Å². The number of hydrogen-bond acceptors (Lipinski definition) is 2. The fourth-order valence-electron chi connectivity index (χ4n) is 2.70. The molecule has 0 aliphatic carbocycles. The van der Waals surface area contributed by atoms with Crippen molar-refractivity contribution in [1.82, 2.24) is 0 Å². The van der Waals surface area contributed by atoms with Gasteiger partial charge in [0.2, 0.25) is 0 Å². The molecule has 104 valence electrons. The van der Waals surface area contributed by atoms with Crippen LogP contribution in [0.25, 0.3) is 0 Å². The predicted octanol–water partition coefficient (Wildman–Crippen LogP) is 5.16. The van der Waals surface area contributed by atoms with E-state index in [-0.39, 0.29) is 11.6 Å². The monoisotopic (exact) mass is 331 g/mol. The van der Waals surface area contributed by atoms with Gasteiger partial charge in [0.15, 0.2) is 0 Å². The summed E-state index contributed by atoms with van der Waals surface area (Å²) in [4.78, 5) is 0. The van der Waals surface area contributed by atoms with Gasteiger partial charge < -0.3 is 10.1 Å². The van der Waals surface area contributed by atoms with E-state index in [1.54, 1.807) is 0 Å². The largest absolute Gasteiger partial charge is 0.487 e. The third kappa shape index (κ3) is 2.68. The number of fused-ring (bicyclic) bond motifs is 1. The molecule has 0 bridgehead atoms. The van der Waals surface area contributed by atoms with Crippen molar-refractivity contribution in [3.63, 3.8) is 0 Å². The van der Waals surface area contributed by atoms with Crippen LogP contribution in [0, 0.1) is 0 Å². The Hall–Kier alpha value is -1.48. The van der Waals surface area contributed by atoms with E-state index in [4.69, 9.17) is 4.74 Å². The van der Waals surface area contributed by atoms with Gasteiger partial charge in [0.05, 0.1) is 6.04 Å². The maximum Gasteiger partial charge on any atom is 0.125 e.